The molecule has 30 heavy (non-hydrogen) atoms. The van der Waals surface area contributed by atoms with Gasteiger partial charge in [-0.1, -0.05) is 30.3 Å². The van der Waals surface area contributed by atoms with E-state index >= 15 is 0 Å². The zero-order valence-corrected chi connectivity index (χ0v) is 18.3. The van der Waals surface area contributed by atoms with Crippen LogP contribution in [0.3, 0.4) is 0 Å². The number of thioether (sulfide) groups is 1. The molecule has 1 aliphatic heterocycles. The average molecular weight is 422 g/mol. The molecular weight excluding hydrogens is 394 g/mol. The normalized spacial score (nSPS) is 14.6. The molecule has 156 valence electrons. The lowest BCUT2D eigenvalue weighted by Crippen LogP contribution is -2.32. The molecule has 1 aromatic heterocycles. The standard InChI is InChI=1S/C24H27N3O2S/c1-17-20(16-27-11-13-30-14-12-27)9-6-10-21(17)25-23(28)15-22-18(2)29-24(26-22)19-7-4-3-5-8-19/h3-10H,11-16H2,1-2H3,(H,25,28). The van der Waals surface area contributed by atoms with Crippen LogP contribution in [0, 0.1) is 13.8 Å². The van der Waals surface area contributed by atoms with E-state index in [0.717, 1.165) is 36.4 Å². The SMILES string of the molecule is Cc1oc(-c2ccccc2)nc1CC(=O)Nc1cccc(CN2CCSCC2)c1C. The van der Waals surface area contributed by atoms with Gasteiger partial charge >= 0.3 is 0 Å². The minimum atomic E-state index is -0.0827. The van der Waals surface area contributed by atoms with Crippen LogP contribution in [-0.2, 0) is 17.8 Å². The van der Waals surface area contributed by atoms with Gasteiger partial charge in [0.1, 0.15) is 5.76 Å². The largest absolute Gasteiger partial charge is 0.441 e. The first-order valence-corrected chi connectivity index (χ1v) is 11.5. The minimum absolute atomic E-state index is 0.0827. The molecule has 6 heteroatoms. The van der Waals surface area contributed by atoms with Gasteiger partial charge in [0.05, 0.1) is 12.1 Å². The van der Waals surface area contributed by atoms with E-state index in [4.69, 9.17) is 4.42 Å². The van der Waals surface area contributed by atoms with Gasteiger partial charge in [0, 0.05) is 42.4 Å². The molecule has 2 heterocycles. The fourth-order valence-electron chi connectivity index (χ4n) is 3.63. The molecule has 1 aliphatic rings. The third-order valence-corrected chi connectivity index (χ3v) is 6.40. The summed E-state index contributed by atoms with van der Waals surface area (Å²) in [5.74, 6) is 3.53. The molecule has 0 spiro atoms. The number of amides is 1. The molecule has 2 aromatic carbocycles. The van der Waals surface area contributed by atoms with Gasteiger partial charge in [-0.05, 0) is 43.2 Å². The number of carbonyl (C=O) groups is 1. The summed E-state index contributed by atoms with van der Waals surface area (Å²) in [6.07, 6.45) is 0.190. The van der Waals surface area contributed by atoms with E-state index in [1.165, 1.54) is 17.1 Å². The Morgan fingerprint density at radius 3 is 2.63 bits per heavy atom. The Morgan fingerprint density at radius 1 is 1.10 bits per heavy atom. The van der Waals surface area contributed by atoms with Crippen molar-refractivity contribution in [1.82, 2.24) is 9.88 Å². The van der Waals surface area contributed by atoms with E-state index in [1.54, 1.807) is 0 Å². The smallest absolute Gasteiger partial charge is 0.230 e. The number of hydrogen-bond acceptors (Lipinski definition) is 5. The van der Waals surface area contributed by atoms with E-state index in [-0.39, 0.29) is 12.3 Å². The molecule has 0 aliphatic carbocycles. The van der Waals surface area contributed by atoms with Crippen LogP contribution in [0.25, 0.3) is 11.5 Å². The van der Waals surface area contributed by atoms with Gasteiger partial charge in [-0.2, -0.15) is 11.8 Å². The van der Waals surface area contributed by atoms with E-state index < -0.39 is 0 Å². The van der Waals surface area contributed by atoms with Crippen molar-refractivity contribution in [1.29, 1.82) is 0 Å². The number of nitrogens with zero attached hydrogens (tertiary/aromatic N) is 2. The summed E-state index contributed by atoms with van der Waals surface area (Å²) in [4.78, 5) is 19.8. The highest BCUT2D eigenvalue weighted by Crippen LogP contribution is 2.24. The molecule has 1 amide bonds. The number of rotatable bonds is 6. The van der Waals surface area contributed by atoms with Crippen molar-refractivity contribution in [3.05, 3.63) is 71.1 Å². The second-order valence-corrected chi connectivity index (χ2v) is 8.82. The van der Waals surface area contributed by atoms with Crippen molar-refractivity contribution < 1.29 is 9.21 Å². The highest BCUT2D eigenvalue weighted by atomic mass is 32.2. The molecule has 1 fully saturated rings. The van der Waals surface area contributed by atoms with Gasteiger partial charge in [-0.25, -0.2) is 4.98 Å². The molecule has 3 aromatic rings. The number of benzene rings is 2. The van der Waals surface area contributed by atoms with Crippen LogP contribution in [0.4, 0.5) is 5.69 Å². The van der Waals surface area contributed by atoms with Crippen LogP contribution in [0.5, 0.6) is 0 Å². The Kier molecular flexibility index (Phi) is 6.55. The fraction of sp³-hybridized carbons (Fsp3) is 0.333. The van der Waals surface area contributed by atoms with Crippen LogP contribution in [0.1, 0.15) is 22.6 Å². The van der Waals surface area contributed by atoms with Crippen molar-refractivity contribution in [2.45, 2.75) is 26.8 Å². The summed E-state index contributed by atoms with van der Waals surface area (Å²) in [5.41, 5.74) is 4.85. The minimum Gasteiger partial charge on any atom is -0.441 e. The molecule has 5 nitrogen and oxygen atoms in total. The summed E-state index contributed by atoms with van der Waals surface area (Å²) < 4.78 is 5.78. The zero-order valence-electron chi connectivity index (χ0n) is 17.5. The Labute approximate surface area is 181 Å². The van der Waals surface area contributed by atoms with E-state index in [1.807, 2.05) is 61.2 Å². The van der Waals surface area contributed by atoms with Crippen molar-refractivity contribution in [3.63, 3.8) is 0 Å². The first-order valence-electron chi connectivity index (χ1n) is 10.3. The zero-order chi connectivity index (χ0) is 20.9. The van der Waals surface area contributed by atoms with Gasteiger partial charge in [0.15, 0.2) is 0 Å². The molecule has 0 unspecified atom stereocenters. The number of hydrogen-bond donors (Lipinski definition) is 1. The van der Waals surface area contributed by atoms with Gasteiger partial charge < -0.3 is 9.73 Å². The van der Waals surface area contributed by atoms with Crippen molar-refractivity contribution in [2.24, 2.45) is 0 Å². The van der Waals surface area contributed by atoms with Gasteiger partial charge in [-0.3, -0.25) is 9.69 Å². The Balaban J connectivity index is 1.43. The molecule has 1 saturated heterocycles. The van der Waals surface area contributed by atoms with Crippen LogP contribution in [-0.4, -0.2) is 40.4 Å². The van der Waals surface area contributed by atoms with Crippen LogP contribution < -0.4 is 5.32 Å². The number of carbonyl (C=O) groups excluding carboxylic acids is 1. The van der Waals surface area contributed by atoms with Gasteiger partial charge in [-0.15, -0.1) is 0 Å². The third-order valence-electron chi connectivity index (χ3n) is 5.46. The maximum Gasteiger partial charge on any atom is 0.230 e. The predicted octanol–water partition coefficient (Wildman–Crippen LogP) is 4.69. The van der Waals surface area contributed by atoms with Crippen molar-refractivity contribution >= 4 is 23.4 Å². The van der Waals surface area contributed by atoms with Crippen LogP contribution in [0.15, 0.2) is 52.9 Å². The number of oxazole rings is 1. The van der Waals surface area contributed by atoms with Crippen LogP contribution in [0.2, 0.25) is 0 Å². The number of aryl methyl sites for hydroxylation is 1. The highest BCUT2D eigenvalue weighted by molar-refractivity contribution is 7.99. The van der Waals surface area contributed by atoms with E-state index in [0.29, 0.717) is 17.3 Å². The Bertz CT molecular complexity index is 1010. The predicted molar refractivity (Wildman–Crippen MR) is 123 cm³/mol. The summed E-state index contributed by atoms with van der Waals surface area (Å²) in [5, 5.41) is 3.07. The number of nitrogens with one attached hydrogen (secondary N) is 1. The molecule has 0 bridgehead atoms. The van der Waals surface area contributed by atoms with Gasteiger partial charge in [0.25, 0.3) is 0 Å². The van der Waals surface area contributed by atoms with E-state index in [9.17, 15) is 4.79 Å². The van der Waals surface area contributed by atoms with Gasteiger partial charge in [0.2, 0.25) is 11.8 Å². The maximum atomic E-state index is 12.7. The van der Waals surface area contributed by atoms with E-state index in [2.05, 4.69) is 28.2 Å². The molecule has 4 rings (SSSR count). The summed E-state index contributed by atoms with van der Waals surface area (Å²) in [7, 11) is 0. The average Bonchev–Trinajstić information content (AvgIpc) is 3.12. The monoisotopic (exact) mass is 421 g/mol. The molecule has 0 radical (unpaired) electrons. The second kappa shape index (κ2) is 9.49. The number of aromatic nitrogens is 1. The molecule has 0 saturated carbocycles. The summed E-state index contributed by atoms with van der Waals surface area (Å²) in [6.45, 7) is 7.11. The second-order valence-electron chi connectivity index (χ2n) is 7.59. The molecular formula is C24H27N3O2S. The van der Waals surface area contributed by atoms with Crippen molar-refractivity contribution in [2.75, 3.05) is 29.9 Å². The highest BCUT2D eigenvalue weighted by Gasteiger charge is 2.17. The van der Waals surface area contributed by atoms with Crippen LogP contribution >= 0.6 is 11.8 Å². The summed E-state index contributed by atoms with van der Waals surface area (Å²) in [6, 6.07) is 15.9. The maximum absolute atomic E-state index is 12.7. The lowest BCUT2D eigenvalue weighted by molar-refractivity contribution is -0.115. The number of anilines is 1. The lowest BCUT2D eigenvalue weighted by atomic mass is 10.1. The Hall–Kier alpha value is -2.57. The summed E-state index contributed by atoms with van der Waals surface area (Å²) >= 11 is 2.01. The quantitative estimate of drug-likeness (QED) is 0.626. The first kappa shape index (κ1) is 20.7. The van der Waals surface area contributed by atoms with Crippen molar-refractivity contribution in [3.8, 4) is 11.5 Å². The fourth-order valence-corrected chi connectivity index (χ4v) is 4.61. The lowest BCUT2D eigenvalue weighted by Gasteiger charge is -2.27. The first-order chi connectivity index (χ1) is 14.6. The Morgan fingerprint density at radius 2 is 1.87 bits per heavy atom. The molecule has 0 atom stereocenters. The third kappa shape index (κ3) is 4.94. The molecule has 1 N–H and O–H groups in total. The topological polar surface area (TPSA) is 58.4 Å².